The van der Waals surface area contributed by atoms with Gasteiger partial charge in [0.25, 0.3) is 0 Å². The number of alkyl halides is 2. The molecule has 1 saturated heterocycles. The lowest BCUT2D eigenvalue weighted by Gasteiger charge is -2.13. The van der Waals surface area contributed by atoms with Gasteiger partial charge in [0.2, 0.25) is 11.8 Å². The highest BCUT2D eigenvalue weighted by Gasteiger charge is 2.28. The SMILES string of the molecule is O=C1CC(C(=O)Nc2cc(Cl)c(OC(F)F)c(Cl)c2)CN1. The molecule has 0 bridgehead atoms. The van der Waals surface area contributed by atoms with Crippen LogP contribution in [0, 0.1) is 5.92 Å². The van der Waals surface area contributed by atoms with E-state index in [1.165, 1.54) is 12.1 Å². The smallest absolute Gasteiger partial charge is 0.387 e. The van der Waals surface area contributed by atoms with Crippen molar-refractivity contribution in [2.75, 3.05) is 11.9 Å². The number of rotatable bonds is 4. The predicted octanol–water partition coefficient (Wildman–Crippen LogP) is 2.67. The zero-order chi connectivity index (χ0) is 15.6. The number of anilines is 1. The lowest BCUT2D eigenvalue weighted by atomic mass is 10.1. The maximum atomic E-state index is 12.2. The summed E-state index contributed by atoms with van der Waals surface area (Å²) < 4.78 is 28.6. The molecular weight excluding hydrogens is 329 g/mol. The molecule has 0 saturated carbocycles. The summed E-state index contributed by atoms with van der Waals surface area (Å²) in [6.07, 6.45) is 0.0971. The molecule has 1 unspecified atom stereocenters. The normalized spacial score (nSPS) is 17.8. The average Bonchev–Trinajstić information content (AvgIpc) is 2.80. The van der Waals surface area contributed by atoms with Crippen molar-refractivity contribution in [2.24, 2.45) is 5.92 Å². The summed E-state index contributed by atoms with van der Waals surface area (Å²) in [6.45, 7) is -2.81. The van der Waals surface area contributed by atoms with Crippen molar-refractivity contribution < 1.29 is 23.1 Å². The van der Waals surface area contributed by atoms with E-state index in [1.807, 2.05) is 0 Å². The lowest BCUT2D eigenvalue weighted by Crippen LogP contribution is -2.24. The topological polar surface area (TPSA) is 67.4 Å². The molecule has 1 atom stereocenters. The Labute approximate surface area is 128 Å². The molecule has 2 amide bonds. The second kappa shape index (κ2) is 6.44. The van der Waals surface area contributed by atoms with Crippen molar-refractivity contribution in [1.29, 1.82) is 0 Å². The van der Waals surface area contributed by atoms with Crippen molar-refractivity contribution in [3.05, 3.63) is 22.2 Å². The molecule has 0 aromatic heterocycles. The van der Waals surface area contributed by atoms with E-state index >= 15 is 0 Å². The van der Waals surface area contributed by atoms with Gasteiger partial charge in [0.15, 0.2) is 5.75 Å². The Morgan fingerprint density at radius 1 is 1.38 bits per heavy atom. The van der Waals surface area contributed by atoms with Gasteiger partial charge in [-0.2, -0.15) is 8.78 Å². The minimum absolute atomic E-state index is 0.0971. The fourth-order valence-electron chi connectivity index (χ4n) is 1.87. The van der Waals surface area contributed by atoms with E-state index in [1.54, 1.807) is 0 Å². The number of hydrogen-bond acceptors (Lipinski definition) is 3. The Morgan fingerprint density at radius 2 is 2.00 bits per heavy atom. The van der Waals surface area contributed by atoms with Crippen LogP contribution < -0.4 is 15.4 Å². The Balaban J connectivity index is 2.11. The van der Waals surface area contributed by atoms with Crippen LogP contribution in [0.1, 0.15) is 6.42 Å². The van der Waals surface area contributed by atoms with E-state index in [2.05, 4.69) is 15.4 Å². The summed E-state index contributed by atoms with van der Waals surface area (Å²) in [7, 11) is 0. The van der Waals surface area contributed by atoms with Crippen LogP contribution in [0.3, 0.4) is 0 Å². The first-order valence-electron chi connectivity index (χ1n) is 5.88. The van der Waals surface area contributed by atoms with Gasteiger partial charge in [-0.1, -0.05) is 23.2 Å². The predicted molar refractivity (Wildman–Crippen MR) is 72.8 cm³/mol. The van der Waals surface area contributed by atoms with Gasteiger partial charge in [-0.05, 0) is 12.1 Å². The lowest BCUT2D eigenvalue weighted by molar-refractivity contribution is -0.123. The fraction of sp³-hybridized carbons (Fsp3) is 0.333. The molecule has 1 aliphatic heterocycles. The summed E-state index contributed by atoms with van der Waals surface area (Å²) >= 11 is 11.6. The number of nitrogens with one attached hydrogen (secondary N) is 2. The Bertz CT molecular complexity index is 561. The van der Waals surface area contributed by atoms with E-state index in [-0.39, 0.29) is 46.3 Å². The number of halogens is 4. The van der Waals surface area contributed by atoms with Crippen molar-refractivity contribution >= 4 is 40.7 Å². The van der Waals surface area contributed by atoms with E-state index < -0.39 is 12.5 Å². The first-order valence-corrected chi connectivity index (χ1v) is 6.64. The zero-order valence-corrected chi connectivity index (χ0v) is 12.0. The maximum Gasteiger partial charge on any atom is 0.387 e. The van der Waals surface area contributed by atoms with Crippen molar-refractivity contribution in [1.82, 2.24) is 5.32 Å². The molecule has 114 valence electrons. The summed E-state index contributed by atoms with van der Waals surface area (Å²) in [6, 6.07) is 2.49. The maximum absolute atomic E-state index is 12.2. The van der Waals surface area contributed by atoms with Crippen LogP contribution in [-0.2, 0) is 9.59 Å². The molecule has 2 rings (SSSR count). The van der Waals surface area contributed by atoms with Gasteiger partial charge in [0.05, 0.1) is 16.0 Å². The first-order chi connectivity index (χ1) is 9.86. The largest absolute Gasteiger partial charge is 0.432 e. The summed E-state index contributed by atoms with van der Waals surface area (Å²) in [5, 5.41) is 4.75. The Kier molecular flexibility index (Phi) is 4.84. The highest BCUT2D eigenvalue weighted by Crippen LogP contribution is 2.37. The number of benzene rings is 1. The van der Waals surface area contributed by atoms with Crippen LogP contribution >= 0.6 is 23.2 Å². The molecule has 21 heavy (non-hydrogen) atoms. The summed E-state index contributed by atoms with van der Waals surface area (Å²) in [5.41, 5.74) is 0.232. The van der Waals surface area contributed by atoms with Gasteiger partial charge in [-0.3, -0.25) is 9.59 Å². The molecule has 1 fully saturated rings. The van der Waals surface area contributed by atoms with Crippen molar-refractivity contribution in [3.8, 4) is 5.75 Å². The summed E-state index contributed by atoms with van der Waals surface area (Å²) in [4.78, 5) is 22.9. The Morgan fingerprint density at radius 3 is 2.48 bits per heavy atom. The van der Waals surface area contributed by atoms with Crippen LogP contribution in [0.25, 0.3) is 0 Å². The monoisotopic (exact) mass is 338 g/mol. The number of hydrogen-bond donors (Lipinski definition) is 2. The molecule has 0 aliphatic carbocycles. The average molecular weight is 339 g/mol. The van der Waals surface area contributed by atoms with Gasteiger partial charge in [0.1, 0.15) is 0 Å². The molecule has 1 aromatic rings. The highest BCUT2D eigenvalue weighted by molar-refractivity contribution is 6.37. The molecule has 0 radical (unpaired) electrons. The van der Waals surface area contributed by atoms with Crippen LogP contribution in [0.2, 0.25) is 10.0 Å². The number of ether oxygens (including phenoxy) is 1. The van der Waals surface area contributed by atoms with Gasteiger partial charge in [0, 0.05) is 18.7 Å². The molecule has 1 aromatic carbocycles. The molecule has 0 spiro atoms. The number of carbonyl (C=O) groups excluding carboxylic acids is 2. The number of carbonyl (C=O) groups is 2. The zero-order valence-electron chi connectivity index (χ0n) is 10.5. The van der Waals surface area contributed by atoms with Gasteiger partial charge in [-0.15, -0.1) is 0 Å². The third kappa shape index (κ3) is 3.95. The van der Waals surface area contributed by atoms with Gasteiger partial charge < -0.3 is 15.4 Å². The second-order valence-electron chi connectivity index (χ2n) is 4.34. The van der Waals surface area contributed by atoms with Crippen LogP contribution in [-0.4, -0.2) is 25.0 Å². The number of amides is 2. The molecule has 5 nitrogen and oxygen atoms in total. The standard InChI is InChI=1S/C12H10Cl2F2N2O3/c13-7-2-6(3-8(14)10(7)21-12(15)16)18-11(20)5-1-9(19)17-4-5/h2-3,5,12H,1,4H2,(H,17,19)(H,18,20). The van der Waals surface area contributed by atoms with Gasteiger partial charge >= 0.3 is 6.61 Å². The third-order valence-electron chi connectivity index (χ3n) is 2.82. The highest BCUT2D eigenvalue weighted by atomic mass is 35.5. The summed E-state index contributed by atoms with van der Waals surface area (Å²) in [5.74, 6) is -1.44. The Hall–Kier alpha value is -1.60. The van der Waals surface area contributed by atoms with E-state index in [4.69, 9.17) is 23.2 Å². The van der Waals surface area contributed by atoms with Crippen molar-refractivity contribution in [2.45, 2.75) is 13.0 Å². The van der Waals surface area contributed by atoms with Crippen LogP contribution in [0.4, 0.5) is 14.5 Å². The molecule has 2 N–H and O–H groups in total. The van der Waals surface area contributed by atoms with Crippen molar-refractivity contribution in [3.63, 3.8) is 0 Å². The fourth-order valence-corrected chi connectivity index (χ4v) is 2.44. The van der Waals surface area contributed by atoms with Crippen LogP contribution in [0.5, 0.6) is 5.75 Å². The van der Waals surface area contributed by atoms with E-state index in [0.29, 0.717) is 0 Å². The molecule has 9 heteroatoms. The minimum atomic E-state index is -3.06. The second-order valence-corrected chi connectivity index (χ2v) is 5.16. The van der Waals surface area contributed by atoms with E-state index in [0.717, 1.165) is 0 Å². The minimum Gasteiger partial charge on any atom is -0.432 e. The van der Waals surface area contributed by atoms with E-state index in [9.17, 15) is 18.4 Å². The molecule has 1 heterocycles. The third-order valence-corrected chi connectivity index (χ3v) is 3.38. The molecule has 1 aliphatic rings. The molecular formula is C12H10Cl2F2N2O3. The van der Waals surface area contributed by atoms with Crippen LogP contribution in [0.15, 0.2) is 12.1 Å². The van der Waals surface area contributed by atoms with Gasteiger partial charge in [-0.25, -0.2) is 0 Å². The quantitative estimate of drug-likeness (QED) is 0.886. The first kappa shape index (κ1) is 15.8.